The highest BCUT2D eigenvalue weighted by Crippen LogP contribution is 2.42. The Morgan fingerprint density at radius 3 is 2.35 bits per heavy atom. The molecule has 0 bridgehead atoms. The summed E-state index contributed by atoms with van der Waals surface area (Å²) in [4.78, 5) is 6.08. The Morgan fingerprint density at radius 2 is 1.65 bits per heavy atom. The van der Waals surface area contributed by atoms with Crippen molar-refractivity contribution in [3.05, 3.63) is 76.2 Å². The molecule has 0 aromatic heterocycles. The van der Waals surface area contributed by atoms with Gasteiger partial charge in [-0.3, -0.25) is 4.99 Å². The molecule has 20 heavy (non-hydrogen) atoms. The van der Waals surface area contributed by atoms with Gasteiger partial charge in [-0.25, -0.2) is 0 Å². The van der Waals surface area contributed by atoms with Gasteiger partial charge < -0.3 is 0 Å². The van der Waals surface area contributed by atoms with Crippen molar-refractivity contribution < 1.29 is 0 Å². The summed E-state index contributed by atoms with van der Waals surface area (Å²) in [7, 11) is 0. The molecule has 0 N–H and O–H groups in total. The number of rotatable bonds is 2. The second kappa shape index (κ2) is 5.68. The van der Waals surface area contributed by atoms with Crippen LogP contribution in [0.4, 0.5) is 0 Å². The van der Waals surface area contributed by atoms with E-state index in [1.165, 1.54) is 21.6 Å². The van der Waals surface area contributed by atoms with Gasteiger partial charge in [-0.15, -0.1) is 0 Å². The molecule has 1 unspecified atom stereocenters. The van der Waals surface area contributed by atoms with Crippen LogP contribution >= 0.6 is 11.8 Å². The average Bonchev–Trinajstić information content (AvgIpc) is 2.81. The van der Waals surface area contributed by atoms with Gasteiger partial charge in [0.1, 0.15) is 6.04 Å². The molecule has 1 aliphatic rings. The SMILES string of the molecule is CC1=NC(c2ccc(C)cc2)/C(=C/c2ccccc2)S1. The monoisotopic (exact) mass is 279 g/mol. The zero-order valence-corrected chi connectivity index (χ0v) is 12.5. The van der Waals surface area contributed by atoms with Crippen molar-refractivity contribution in [2.75, 3.05) is 0 Å². The lowest BCUT2D eigenvalue weighted by atomic mass is 10.0. The third-order valence-electron chi connectivity index (χ3n) is 3.35. The Bertz CT molecular complexity index is 654. The fraction of sp³-hybridized carbons (Fsp3) is 0.167. The average molecular weight is 279 g/mol. The largest absolute Gasteiger partial charge is 0.269 e. The number of aryl methyl sites for hydroxylation is 1. The van der Waals surface area contributed by atoms with Crippen molar-refractivity contribution in [2.45, 2.75) is 19.9 Å². The maximum Gasteiger partial charge on any atom is 0.107 e. The van der Waals surface area contributed by atoms with Gasteiger partial charge in [0.2, 0.25) is 0 Å². The molecular formula is C18H17NS. The Labute approximate surface area is 124 Å². The lowest BCUT2D eigenvalue weighted by Gasteiger charge is -2.10. The summed E-state index contributed by atoms with van der Waals surface area (Å²) >= 11 is 1.78. The predicted octanol–water partition coefficient (Wildman–Crippen LogP) is 5.24. The van der Waals surface area contributed by atoms with Gasteiger partial charge in [-0.2, -0.15) is 0 Å². The van der Waals surface area contributed by atoms with Crippen LogP contribution in [0.25, 0.3) is 6.08 Å². The molecule has 2 heteroatoms. The Morgan fingerprint density at radius 1 is 0.950 bits per heavy atom. The Hall–Kier alpha value is -1.80. The Kier molecular flexibility index (Phi) is 3.75. The molecule has 0 saturated heterocycles. The second-order valence-corrected chi connectivity index (χ2v) is 6.29. The second-order valence-electron chi connectivity index (χ2n) is 5.02. The van der Waals surface area contributed by atoms with Gasteiger partial charge in [0.15, 0.2) is 0 Å². The van der Waals surface area contributed by atoms with E-state index in [0.29, 0.717) is 0 Å². The van der Waals surface area contributed by atoms with Gasteiger partial charge in [-0.1, -0.05) is 71.9 Å². The van der Waals surface area contributed by atoms with Crippen molar-refractivity contribution in [1.29, 1.82) is 0 Å². The molecular weight excluding hydrogens is 262 g/mol. The predicted molar refractivity (Wildman–Crippen MR) is 89.0 cm³/mol. The summed E-state index contributed by atoms with van der Waals surface area (Å²) < 4.78 is 0. The standard InChI is InChI=1S/C18H17NS/c1-13-8-10-16(11-9-13)18-17(20-14(2)19-18)12-15-6-4-3-5-7-15/h3-12,18H,1-2H3/b17-12-. The fourth-order valence-electron chi connectivity index (χ4n) is 2.31. The third-order valence-corrected chi connectivity index (χ3v) is 4.33. The molecule has 0 aliphatic carbocycles. The van der Waals surface area contributed by atoms with E-state index in [-0.39, 0.29) is 6.04 Å². The van der Waals surface area contributed by atoms with Crippen LogP contribution < -0.4 is 0 Å². The van der Waals surface area contributed by atoms with Crippen molar-refractivity contribution in [2.24, 2.45) is 4.99 Å². The molecule has 0 fully saturated rings. The minimum Gasteiger partial charge on any atom is -0.269 e. The normalized spacial score (nSPS) is 20.2. The molecule has 0 saturated carbocycles. The first-order chi connectivity index (χ1) is 9.72. The van der Waals surface area contributed by atoms with Gasteiger partial charge in [0.25, 0.3) is 0 Å². The summed E-state index contributed by atoms with van der Waals surface area (Å²) in [5.41, 5.74) is 3.79. The summed E-state index contributed by atoms with van der Waals surface area (Å²) in [6.45, 7) is 4.19. The topological polar surface area (TPSA) is 12.4 Å². The molecule has 0 radical (unpaired) electrons. The molecule has 2 aromatic carbocycles. The van der Waals surface area contributed by atoms with Gasteiger partial charge >= 0.3 is 0 Å². The molecule has 2 aromatic rings. The zero-order valence-electron chi connectivity index (χ0n) is 11.7. The van der Waals surface area contributed by atoms with E-state index in [1.807, 2.05) is 6.07 Å². The quantitative estimate of drug-likeness (QED) is 0.732. The molecule has 1 aliphatic heterocycles. The van der Waals surface area contributed by atoms with Crippen LogP contribution in [0.1, 0.15) is 29.7 Å². The smallest absolute Gasteiger partial charge is 0.107 e. The van der Waals surface area contributed by atoms with E-state index in [9.17, 15) is 0 Å². The van der Waals surface area contributed by atoms with E-state index in [0.717, 1.165) is 5.04 Å². The van der Waals surface area contributed by atoms with Crippen LogP contribution in [-0.4, -0.2) is 5.04 Å². The van der Waals surface area contributed by atoms with Crippen molar-refractivity contribution in [3.63, 3.8) is 0 Å². The summed E-state index contributed by atoms with van der Waals surface area (Å²) in [5.74, 6) is 0. The van der Waals surface area contributed by atoms with Crippen LogP contribution in [0.15, 0.2) is 64.5 Å². The molecule has 3 rings (SSSR count). The van der Waals surface area contributed by atoms with Crippen LogP contribution in [-0.2, 0) is 0 Å². The molecule has 1 atom stereocenters. The minimum absolute atomic E-state index is 0.154. The highest BCUT2D eigenvalue weighted by Gasteiger charge is 2.23. The van der Waals surface area contributed by atoms with Crippen LogP contribution in [0.3, 0.4) is 0 Å². The molecule has 100 valence electrons. The first-order valence-corrected chi connectivity index (χ1v) is 7.59. The van der Waals surface area contributed by atoms with E-state index in [4.69, 9.17) is 4.99 Å². The number of aliphatic imine (C=N–C) groups is 1. The highest BCUT2D eigenvalue weighted by molar-refractivity contribution is 8.17. The maximum absolute atomic E-state index is 4.78. The van der Waals surface area contributed by atoms with Crippen molar-refractivity contribution in [1.82, 2.24) is 0 Å². The van der Waals surface area contributed by atoms with Gasteiger partial charge in [0, 0.05) is 4.91 Å². The van der Waals surface area contributed by atoms with E-state index in [2.05, 4.69) is 68.5 Å². The third kappa shape index (κ3) is 2.86. The van der Waals surface area contributed by atoms with Crippen LogP contribution in [0.2, 0.25) is 0 Å². The Balaban J connectivity index is 1.95. The number of hydrogen-bond donors (Lipinski definition) is 0. The molecule has 0 amide bonds. The minimum atomic E-state index is 0.154. The zero-order chi connectivity index (χ0) is 13.9. The number of hydrogen-bond acceptors (Lipinski definition) is 2. The van der Waals surface area contributed by atoms with E-state index >= 15 is 0 Å². The summed E-state index contributed by atoms with van der Waals surface area (Å²) in [5, 5.41) is 1.14. The van der Waals surface area contributed by atoms with E-state index < -0.39 is 0 Å². The van der Waals surface area contributed by atoms with Gasteiger partial charge in [-0.05, 0) is 31.1 Å². The van der Waals surface area contributed by atoms with Gasteiger partial charge in [0.05, 0.1) is 5.04 Å². The number of nitrogens with zero attached hydrogens (tertiary/aromatic N) is 1. The lowest BCUT2D eigenvalue weighted by Crippen LogP contribution is -1.93. The van der Waals surface area contributed by atoms with Crippen molar-refractivity contribution in [3.8, 4) is 0 Å². The number of thioether (sulfide) groups is 1. The first-order valence-electron chi connectivity index (χ1n) is 6.78. The van der Waals surface area contributed by atoms with Crippen molar-refractivity contribution >= 4 is 22.9 Å². The van der Waals surface area contributed by atoms with Crippen LogP contribution in [0.5, 0.6) is 0 Å². The molecule has 1 nitrogen and oxygen atoms in total. The molecule has 0 spiro atoms. The number of benzene rings is 2. The molecule has 1 heterocycles. The first kappa shape index (κ1) is 13.2. The summed E-state index contributed by atoms with van der Waals surface area (Å²) in [6, 6.07) is 19.3. The highest BCUT2D eigenvalue weighted by atomic mass is 32.2. The lowest BCUT2D eigenvalue weighted by molar-refractivity contribution is 0.915. The maximum atomic E-state index is 4.78. The summed E-state index contributed by atoms with van der Waals surface area (Å²) in [6.07, 6.45) is 2.25. The fourth-order valence-corrected chi connectivity index (χ4v) is 3.30. The van der Waals surface area contributed by atoms with E-state index in [1.54, 1.807) is 11.8 Å². The van der Waals surface area contributed by atoms with Crippen LogP contribution in [0, 0.1) is 6.92 Å².